The smallest absolute Gasteiger partial charge is 0.261 e. The Morgan fingerprint density at radius 2 is 1.62 bits per heavy atom. The first kappa shape index (κ1) is 27.2. The highest BCUT2D eigenvalue weighted by Gasteiger charge is 2.32. The number of amides is 2. The van der Waals surface area contributed by atoms with Gasteiger partial charge in [0.15, 0.2) is 6.61 Å². The van der Waals surface area contributed by atoms with E-state index in [-0.39, 0.29) is 31.0 Å². The first-order valence-corrected chi connectivity index (χ1v) is 13.9. The summed E-state index contributed by atoms with van der Waals surface area (Å²) >= 11 is 9.90. The maximum atomic E-state index is 13.8. The van der Waals surface area contributed by atoms with Gasteiger partial charge < -0.3 is 15.0 Å². The van der Waals surface area contributed by atoms with E-state index < -0.39 is 6.04 Å². The summed E-state index contributed by atoms with van der Waals surface area (Å²) in [6.45, 7) is 0.0197. The first-order valence-electron chi connectivity index (χ1n) is 12.7. The fraction of sp³-hybridized carbons (Fsp3) is 0.333. The van der Waals surface area contributed by atoms with Crippen LogP contribution in [0.3, 0.4) is 0 Å². The van der Waals surface area contributed by atoms with Crippen LogP contribution < -0.4 is 10.1 Å². The third-order valence-corrected chi connectivity index (χ3v) is 7.59. The average molecular weight is 584 g/mol. The van der Waals surface area contributed by atoms with Gasteiger partial charge in [-0.15, -0.1) is 0 Å². The normalized spacial score (nSPS) is 14.5. The summed E-state index contributed by atoms with van der Waals surface area (Å²) in [5.74, 6) is 0.169. The van der Waals surface area contributed by atoms with Gasteiger partial charge in [0.25, 0.3) is 5.91 Å². The molecule has 7 heteroatoms. The summed E-state index contributed by atoms with van der Waals surface area (Å²) in [6, 6.07) is 24.0. The number of nitrogens with one attached hydrogen (secondary N) is 1. The van der Waals surface area contributed by atoms with Gasteiger partial charge in [0.2, 0.25) is 5.91 Å². The van der Waals surface area contributed by atoms with Crippen LogP contribution >= 0.6 is 27.5 Å². The highest BCUT2D eigenvalue weighted by atomic mass is 79.9. The number of halogens is 2. The number of benzene rings is 3. The number of carbonyl (C=O) groups is 2. The van der Waals surface area contributed by atoms with Crippen molar-refractivity contribution in [2.75, 3.05) is 6.61 Å². The molecule has 1 saturated carbocycles. The van der Waals surface area contributed by atoms with Gasteiger partial charge in [0.1, 0.15) is 11.8 Å². The lowest BCUT2D eigenvalue weighted by atomic mass is 9.94. The molecule has 1 aliphatic carbocycles. The lowest BCUT2D eigenvalue weighted by Crippen LogP contribution is -2.53. The largest absolute Gasteiger partial charge is 0.484 e. The van der Waals surface area contributed by atoms with E-state index in [1.807, 2.05) is 60.7 Å². The Hall–Kier alpha value is -2.83. The highest BCUT2D eigenvalue weighted by molar-refractivity contribution is 9.10. The molecule has 1 fully saturated rings. The van der Waals surface area contributed by atoms with Crippen LogP contribution in [0.5, 0.6) is 5.75 Å². The van der Waals surface area contributed by atoms with Crippen molar-refractivity contribution in [3.63, 3.8) is 0 Å². The standard InChI is InChI=1S/C30H32BrClN2O3/c31-24-15-17-26(18-16-24)37-21-29(35)34(20-23-11-7-8-14-27(23)32)28(19-22-9-3-1-4-10-22)30(36)33-25-12-5-2-6-13-25/h1,3-4,7-11,14-18,25,28H,2,5-6,12-13,19-21H2,(H,33,36)/t28-/m0/s1. The molecule has 0 aliphatic heterocycles. The minimum atomic E-state index is -0.707. The number of ether oxygens (including phenoxy) is 1. The zero-order chi connectivity index (χ0) is 26.0. The van der Waals surface area contributed by atoms with Gasteiger partial charge in [0, 0.05) is 28.5 Å². The maximum absolute atomic E-state index is 13.8. The Bertz CT molecular complexity index is 1170. The number of carbonyl (C=O) groups excluding carboxylic acids is 2. The number of nitrogens with zero attached hydrogens (tertiary/aromatic N) is 1. The van der Waals surface area contributed by atoms with Gasteiger partial charge in [-0.1, -0.05) is 95.3 Å². The zero-order valence-corrected chi connectivity index (χ0v) is 23.1. The Morgan fingerprint density at radius 3 is 2.32 bits per heavy atom. The molecule has 194 valence electrons. The van der Waals surface area contributed by atoms with Crippen LogP contribution in [0.4, 0.5) is 0 Å². The van der Waals surface area contributed by atoms with E-state index in [2.05, 4.69) is 21.2 Å². The number of rotatable bonds is 10. The molecule has 4 rings (SSSR count). The topological polar surface area (TPSA) is 58.6 Å². The number of hydrogen-bond acceptors (Lipinski definition) is 3. The lowest BCUT2D eigenvalue weighted by Gasteiger charge is -2.33. The molecule has 3 aromatic rings. The molecular weight excluding hydrogens is 552 g/mol. The Kier molecular flexibility index (Phi) is 10.0. The zero-order valence-electron chi connectivity index (χ0n) is 20.7. The highest BCUT2D eigenvalue weighted by Crippen LogP contribution is 2.23. The van der Waals surface area contributed by atoms with Crippen molar-refractivity contribution in [2.45, 2.75) is 57.2 Å². The third-order valence-electron chi connectivity index (χ3n) is 6.70. The molecule has 1 N–H and O–H groups in total. The second-order valence-electron chi connectivity index (χ2n) is 9.40. The average Bonchev–Trinajstić information content (AvgIpc) is 2.92. The molecule has 0 bridgehead atoms. The van der Waals surface area contributed by atoms with Crippen LogP contribution in [0, 0.1) is 0 Å². The third kappa shape index (κ3) is 8.08. The molecule has 1 atom stereocenters. The quantitative estimate of drug-likeness (QED) is 0.294. The van der Waals surface area contributed by atoms with Crippen LogP contribution in [-0.4, -0.2) is 35.4 Å². The van der Waals surface area contributed by atoms with Crippen molar-refractivity contribution in [2.24, 2.45) is 0 Å². The van der Waals surface area contributed by atoms with E-state index in [1.165, 1.54) is 6.42 Å². The Balaban J connectivity index is 1.61. The molecule has 0 saturated heterocycles. The predicted molar refractivity (Wildman–Crippen MR) is 151 cm³/mol. The minimum Gasteiger partial charge on any atom is -0.484 e. The molecule has 0 radical (unpaired) electrons. The monoisotopic (exact) mass is 582 g/mol. The van der Waals surface area contributed by atoms with E-state index >= 15 is 0 Å². The summed E-state index contributed by atoms with van der Waals surface area (Å²) < 4.78 is 6.75. The minimum absolute atomic E-state index is 0.135. The van der Waals surface area contributed by atoms with Crippen molar-refractivity contribution in [3.05, 3.63) is 99.5 Å². The summed E-state index contributed by atoms with van der Waals surface area (Å²) in [6.07, 6.45) is 5.75. The summed E-state index contributed by atoms with van der Waals surface area (Å²) in [7, 11) is 0. The van der Waals surface area contributed by atoms with E-state index in [9.17, 15) is 9.59 Å². The fourth-order valence-electron chi connectivity index (χ4n) is 4.67. The summed E-state index contributed by atoms with van der Waals surface area (Å²) in [5, 5.41) is 3.80. The molecule has 3 aromatic carbocycles. The molecule has 37 heavy (non-hydrogen) atoms. The predicted octanol–water partition coefficient (Wildman–Crippen LogP) is 6.57. The van der Waals surface area contributed by atoms with E-state index in [0.29, 0.717) is 17.2 Å². The molecule has 5 nitrogen and oxygen atoms in total. The van der Waals surface area contributed by atoms with Gasteiger partial charge in [-0.25, -0.2) is 0 Å². The second-order valence-corrected chi connectivity index (χ2v) is 10.7. The molecule has 0 spiro atoms. The fourth-order valence-corrected chi connectivity index (χ4v) is 5.13. The lowest BCUT2D eigenvalue weighted by molar-refractivity contribution is -0.143. The maximum Gasteiger partial charge on any atom is 0.261 e. The Morgan fingerprint density at radius 1 is 0.946 bits per heavy atom. The van der Waals surface area contributed by atoms with Gasteiger partial charge in [0.05, 0.1) is 0 Å². The van der Waals surface area contributed by atoms with Crippen molar-refractivity contribution >= 4 is 39.3 Å². The SMILES string of the molecule is O=C(NC1CCCCC1)[C@H](Cc1ccccc1)N(Cc1ccccc1Cl)C(=O)COc1ccc(Br)cc1. The molecule has 0 heterocycles. The van der Waals surface area contributed by atoms with Crippen LogP contribution in [0.15, 0.2) is 83.3 Å². The molecule has 0 aromatic heterocycles. The van der Waals surface area contributed by atoms with Gasteiger partial charge in [-0.3, -0.25) is 9.59 Å². The van der Waals surface area contributed by atoms with E-state index in [0.717, 1.165) is 41.3 Å². The van der Waals surface area contributed by atoms with E-state index in [1.54, 1.807) is 23.1 Å². The van der Waals surface area contributed by atoms with Gasteiger partial charge in [-0.2, -0.15) is 0 Å². The van der Waals surface area contributed by atoms with Crippen LogP contribution in [0.25, 0.3) is 0 Å². The van der Waals surface area contributed by atoms with Gasteiger partial charge >= 0.3 is 0 Å². The van der Waals surface area contributed by atoms with Gasteiger partial charge in [-0.05, 0) is 54.3 Å². The van der Waals surface area contributed by atoms with Crippen LogP contribution in [-0.2, 0) is 22.6 Å². The van der Waals surface area contributed by atoms with Crippen LogP contribution in [0.2, 0.25) is 5.02 Å². The molecule has 0 unspecified atom stereocenters. The van der Waals surface area contributed by atoms with Crippen molar-refractivity contribution in [3.8, 4) is 5.75 Å². The summed E-state index contributed by atoms with van der Waals surface area (Å²) in [5.41, 5.74) is 1.77. The van der Waals surface area contributed by atoms with Crippen molar-refractivity contribution in [1.82, 2.24) is 10.2 Å². The van der Waals surface area contributed by atoms with Crippen molar-refractivity contribution < 1.29 is 14.3 Å². The number of hydrogen-bond donors (Lipinski definition) is 1. The van der Waals surface area contributed by atoms with Crippen LogP contribution in [0.1, 0.15) is 43.2 Å². The van der Waals surface area contributed by atoms with E-state index in [4.69, 9.17) is 16.3 Å². The Labute approximate surface area is 232 Å². The molecule has 2 amide bonds. The first-order chi connectivity index (χ1) is 18.0. The second kappa shape index (κ2) is 13.6. The molecule has 1 aliphatic rings. The molecular formula is C30H32BrClN2O3. The van der Waals surface area contributed by atoms with Crippen molar-refractivity contribution in [1.29, 1.82) is 0 Å². The summed E-state index contributed by atoms with van der Waals surface area (Å²) in [4.78, 5) is 29.1.